The summed E-state index contributed by atoms with van der Waals surface area (Å²) in [6.07, 6.45) is 3.25. The fourth-order valence-corrected chi connectivity index (χ4v) is 1.09. The molecule has 4 heteroatoms. The molecule has 0 atom stereocenters. The van der Waals surface area contributed by atoms with E-state index in [-0.39, 0.29) is 5.78 Å². The van der Waals surface area contributed by atoms with E-state index in [1.807, 2.05) is 0 Å². The van der Waals surface area contributed by atoms with E-state index in [9.17, 15) is 4.79 Å². The number of aryl methyl sites for hydroxylation is 2. The van der Waals surface area contributed by atoms with Crippen LogP contribution in [0.1, 0.15) is 37.9 Å². The van der Waals surface area contributed by atoms with Crippen molar-refractivity contribution in [1.82, 2.24) is 10.1 Å². The van der Waals surface area contributed by atoms with Crippen molar-refractivity contribution in [1.29, 1.82) is 0 Å². The highest BCUT2D eigenvalue weighted by Gasteiger charge is 2.02. The minimum Gasteiger partial charge on any atom is -0.339 e. The summed E-state index contributed by atoms with van der Waals surface area (Å²) in [5.74, 6) is 1.57. The number of hydrogen-bond donors (Lipinski definition) is 0. The lowest BCUT2D eigenvalue weighted by molar-refractivity contribution is -0.117. The minimum atomic E-state index is 0.238. The van der Waals surface area contributed by atoms with Gasteiger partial charge in [-0.15, -0.1) is 0 Å². The highest BCUT2D eigenvalue weighted by atomic mass is 16.5. The van der Waals surface area contributed by atoms with E-state index in [0.717, 1.165) is 19.3 Å². The fourth-order valence-electron chi connectivity index (χ4n) is 1.09. The van der Waals surface area contributed by atoms with Gasteiger partial charge in [0.25, 0.3) is 0 Å². The second-order valence-corrected chi connectivity index (χ2v) is 3.14. The molecule has 1 aromatic heterocycles. The Hall–Kier alpha value is -1.19. The molecule has 1 aromatic rings. The number of ketones is 1. The van der Waals surface area contributed by atoms with Crippen molar-refractivity contribution < 1.29 is 9.32 Å². The molecule has 0 bridgehead atoms. The molecular formula is C9H14N2O2. The van der Waals surface area contributed by atoms with E-state index in [1.165, 1.54) is 0 Å². The first-order valence-corrected chi connectivity index (χ1v) is 4.47. The highest BCUT2D eigenvalue weighted by Crippen LogP contribution is 2.04. The maximum absolute atomic E-state index is 10.6. The Labute approximate surface area is 77.3 Å². The molecule has 0 amide bonds. The maximum Gasteiger partial charge on any atom is 0.226 e. The van der Waals surface area contributed by atoms with Gasteiger partial charge in [-0.2, -0.15) is 4.98 Å². The zero-order valence-electron chi connectivity index (χ0n) is 8.04. The number of nitrogens with zero attached hydrogens (tertiary/aromatic N) is 2. The topological polar surface area (TPSA) is 56.0 Å². The third kappa shape index (κ3) is 3.83. The van der Waals surface area contributed by atoms with Crippen molar-refractivity contribution in [3.63, 3.8) is 0 Å². The average Bonchev–Trinajstić information content (AvgIpc) is 2.45. The van der Waals surface area contributed by atoms with Crippen LogP contribution in [0.25, 0.3) is 0 Å². The minimum absolute atomic E-state index is 0.238. The van der Waals surface area contributed by atoms with Crippen LogP contribution in [-0.4, -0.2) is 15.9 Å². The predicted molar refractivity (Wildman–Crippen MR) is 47.3 cm³/mol. The normalized spacial score (nSPS) is 10.3. The smallest absolute Gasteiger partial charge is 0.226 e. The van der Waals surface area contributed by atoms with Gasteiger partial charge in [0, 0.05) is 12.8 Å². The molecule has 0 N–H and O–H groups in total. The number of carbonyl (C=O) groups is 1. The summed E-state index contributed by atoms with van der Waals surface area (Å²) in [7, 11) is 0. The summed E-state index contributed by atoms with van der Waals surface area (Å²) in [4.78, 5) is 14.7. The molecular weight excluding hydrogens is 168 g/mol. The summed E-state index contributed by atoms with van der Waals surface area (Å²) in [6.45, 7) is 3.40. The standard InChI is InChI=1S/C9H14N2O2/c1-7(12)5-3-4-6-9-10-8(2)11-13-9/h3-6H2,1-2H3. The third-order valence-electron chi connectivity index (χ3n) is 1.74. The van der Waals surface area contributed by atoms with Crippen LogP contribution in [-0.2, 0) is 11.2 Å². The summed E-state index contributed by atoms with van der Waals surface area (Å²) < 4.78 is 4.93. The van der Waals surface area contributed by atoms with Crippen LogP contribution in [0.2, 0.25) is 0 Å². The van der Waals surface area contributed by atoms with Gasteiger partial charge >= 0.3 is 0 Å². The number of hydrogen-bond acceptors (Lipinski definition) is 4. The number of Topliss-reactive ketones (excluding diaryl/α,β-unsaturated/α-hetero) is 1. The molecule has 0 saturated heterocycles. The summed E-state index contributed by atoms with van der Waals surface area (Å²) in [5, 5.41) is 3.68. The van der Waals surface area contributed by atoms with Gasteiger partial charge in [0.1, 0.15) is 5.78 Å². The van der Waals surface area contributed by atoms with Crippen molar-refractivity contribution >= 4 is 5.78 Å². The molecule has 0 aliphatic carbocycles. The molecule has 0 fully saturated rings. The van der Waals surface area contributed by atoms with Gasteiger partial charge in [0.05, 0.1) is 0 Å². The Morgan fingerprint density at radius 1 is 1.46 bits per heavy atom. The lowest BCUT2D eigenvalue weighted by Gasteiger charge is -1.93. The van der Waals surface area contributed by atoms with Gasteiger partial charge in [-0.1, -0.05) is 5.16 Å². The second-order valence-electron chi connectivity index (χ2n) is 3.14. The molecule has 1 rings (SSSR count). The quantitative estimate of drug-likeness (QED) is 0.650. The molecule has 13 heavy (non-hydrogen) atoms. The van der Waals surface area contributed by atoms with E-state index in [1.54, 1.807) is 13.8 Å². The van der Waals surface area contributed by atoms with Gasteiger partial charge in [0.15, 0.2) is 5.82 Å². The fraction of sp³-hybridized carbons (Fsp3) is 0.667. The maximum atomic E-state index is 10.6. The lowest BCUT2D eigenvalue weighted by atomic mass is 10.1. The van der Waals surface area contributed by atoms with Gasteiger partial charge < -0.3 is 9.32 Å². The first-order valence-electron chi connectivity index (χ1n) is 4.47. The zero-order chi connectivity index (χ0) is 9.68. The largest absolute Gasteiger partial charge is 0.339 e. The lowest BCUT2D eigenvalue weighted by Crippen LogP contribution is -1.91. The first kappa shape index (κ1) is 9.89. The highest BCUT2D eigenvalue weighted by molar-refractivity contribution is 5.75. The van der Waals surface area contributed by atoms with Crippen LogP contribution in [0.5, 0.6) is 0 Å². The van der Waals surface area contributed by atoms with Gasteiger partial charge in [-0.25, -0.2) is 0 Å². The summed E-state index contributed by atoms with van der Waals surface area (Å²) >= 11 is 0. The summed E-state index contributed by atoms with van der Waals surface area (Å²) in [5.41, 5.74) is 0. The first-order chi connectivity index (χ1) is 6.18. The Balaban J connectivity index is 2.16. The second kappa shape index (κ2) is 4.74. The SMILES string of the molecule is CC(=O)CCCCc1nc(C)no1. The molecule has 1 heterocycles. The van der Waals surface area contributed by atoms with Crippen molar-refractivity contribution in [2.75, 3.05) is 0 Å². The Bertz CT molecular complexity index is 281. The number of aromatic nitrogens is 2. The molecule has 0 aliphatic heterocycles. The molecule has 0 radical (unpaired) electrons. The molecule has 0 spiro atoms. The Morgan fingerprint density at radius 2 is 2.23 bits per heavy atom. The third-order valence-corrected chi connectivity index (χ3v) is 1.74. The van der Waals surface area contributed by atoms with Crippen LogP contribution >= 0.6 is 0 Å². The number of unbranched alkanes of at least 4 members (excludes halogenated alkanes) is 1. The van der Waals surface area contributed by atoms with Crippen LogP contribution in [0, 0.1) is 6.92 Å². The Morgan fingerprint density at radius 3 is 2.77 bits per heavy atom. The zero-order valence-corrected chi connectivity index (χ0v) is 8.04. The molecule has 0 aliphatic rings. The molecule has 0 aromatic carbocycles. The van der Waals surface area contributed by atoms with Crippen molar-refractivity contribution in [2.45, 2.75) is 39.5 Å². The van der Waals surface area contributed by atoms with Gasteiger partial charge in [-0.05, 0) is 26.7 Å². The number of rotatable bonds is 5. The molecule has 4 nitrogen and oxygen atoms in total. The van der Waals surface area contributed by atoms with Crippen molar-refractivity contribution in [3.8, 4) is 0 Å². The Kier molecular flexibility index (Phi) is 3.61. The predicted octanol–water partition coefficient (Wildman–Crippen LogP) is 1.68. The van der Waals surface area contributed by atoms with Crippen molar-refractivity contribution in [3.05, 3.63) is 11.7 Å². The van der Waals surface area contributed by atoms with Crippen LogP contribution in [0.15, 0.2) is 4.52 Å². The van der Waals surface area contributed by atoms with E-state index in [4.69, 9.17) is 4.52 Å². The van der Waals surface area contributed by atoms with Crippen LogP contribution in [0.3, 0.4) is 0 Å². The number of carbonyl (C=O) groups excluding carboxylic acids is 1. The van der Waals surface area contributed by atoms with E-state index in [2.05, 4.69) is 10.1 Å². The van der Waals surface area contributed by atoms with Crippen molar-refractivity contribution in [2.24, 2.45) is 0 Å². The van der Waals surface area contributed by atoms with Gasteiger partial charge in [-0.3, -0.25) is 0 Å². The molecule has 0 unspecified atom stereocenters. The molecule has 72 valence electrons. The van der Waals surface area contributed by atoms with E-state index < -0.39 is 0 Å². The van der Waals surface area contributed by atoms with Crippen LogP contribution in [0.4, 0.5) is 0 Å². The van der Waals surface area contributed by atoms with E-state index in [0.29, 0.717) is 18.1 Å². The van der Waals surface area contributed by atoms with E-state index >= 15 is 0 Å². The summed E-state index contributed by atoms with van der Waals surface area (Å²) in [6, 6.07) is 0. The molecule has 0 saturated carbocycles. The monoisotopic (exact) mass is 182 g/mol. The van der Waals surface area contributed by atoms with Crippen LogP contribution < -0.4 is 0 Å². The van der Waals surface area contributed by atoms with Gasteiger partial charge in [0.2, 0.25) is 5.89 Å². The average molecular weight is 182 g/mol.